The van der Waals surface area contributed by atoms with Gasteiger partial charge in [0.25, 0.3) is 0 Å². The van der Waals surface area contributed by atoms with Gasteiger partial charge in [0.1, 0.15) is 13.2 Å². The van der Waals surface area contributed by atoms with Gasteiger partial charge in [-0.3, -0.25) is 14.4 Å². The minimum absolute atomic E-state index is 0.0932. The number of allylic oxidation sites excluding steroid dienone is 12. The molecule has 0 aliphatic heterocycles. The minimum atomic E-state index is -0.798. The first-order valence-electron chi connectivity index (χ1n) is 25.9. The normalized spacial score (nSPS) is 12.6. The van der Waals surface area contributed by atoms with Crippen LogP contribution in [0.4, 0.5) is 0 Å². The number of hydrogen-bond acceptors (Lipinski definition) is 6. The van der Waals surface area contributed by atoms with Gasteiger partial charge in [-0.05, 0) is 89.9 Å². The Morgan fingerprint density at radius 3 is 1.05 bits per heavy atom. The molecule has 356 valence electrons. The molecule has 0 fully saturated rings. The van der Waals surface area contributed by atoms with E-state index in [0.717, 1.165) is 89.9 Å². The first kappa shape index (κ1) is 58.9. The second-order valence-electron chi connectivity index (χ2n) is 17.1. The first-order valence-corrected chi connectivity index (χ1v) is 25.9. The van der Waals surface area contributed by atoms with Crippen LogP contribution >= 0.6 is 0 Å². The van der Waals surface area contributed by atoms with Crippen molar-refractivity contribution in [2.24, 2.45) is 0 Å². The fourth-order valence-electron chi connectivity index (χ4n) is 7.05. The second kappa shape index (κ2) is 50.5. The van der Waals surface area contributed by atoms with Crippen LogP contribution in [0.15, 0.2) is 72.9 Å². The average Bonchev–Trinajstić information content (AvgIpc) is 3.27. The van der Waals surface area contributed by atoms with E-state index in [9.17, 15) is 14.4 Å². The Labute approximate surface area is 382 Å². The molecule has 1 unspecified atom stereocenters. The quantitative estimate of drug-likeness (QED) is 0.0262. The minimum Gasteiger partial charge on any atom is -0.462 e. The molecule has 0 N–H and O–H groups in total. The third-order valence-corrected chi connectivity index (χ3v) is 10.9. The van der Waals surface area contributed by atoms with E-state index in [0.29, 0.717) is 19.3 Å². The highest BCUT2D eigenvalue weighted by atomic mass is 16.6. The van der Waals surface area contributed by atoms with Crippen LogP contribution in [0.5, 0.6) is 0 Å². The maximum atomic E-state index is 12.8. The van der Waals surface area contributed by atoms with Gasteiger partial charge in [-0.2, -0.15) is 0 Å². The summed E-state index contributed by atoms with van der Waals surface area (Å²) in [6.45, 7) is 6.46. The van der Waals surface area contributed by atoms with Crippen LogP contribution in [0.25, 0.3) is 0 Å². The highest BCUT2D eigenvalue weighted by molar-refractivity contribution is 5.71. The molecule has 62 heavy (non-hydrogen) atoms. The van der Waals surface area contributed by atoms with E-state index >= 15 is 0 Å². The maximum Gasteiger partial charge on any atom is 0.306 e. The van der Waals surface area contributed by atoms with E-state index in [-0.39, 0.29) is 37.5 Å². The fourth-order valence-corrected chi connectivity index (χ4v) is 7.05. The molecule has 0 amide bonds. The van der Waals surface area contributed by atoms with Gasteiger partial charge >= 0.3 is 17.9 Å². The van der Waals surface area contributed by atoms with Gasteiger partial charge in [0.15, 0.2) is 6.10 Å². The lowest BCUT2D eigenvalue weighted by molar-refractivity contribution is -0.167. The van der Waals surface area contributed by atoms with Crippen LogP contribution in [0, 0.1) is 0 Å². The summed E-state index contributed by atoms with van der Waals surface area (Å²) in [6, 6.07) is 0. The molecule has 0 aromatic rings. The number of carbonyl (C=O) groups is 3. The Balaban J connectivity index is 4.44. The number of rotatable bonds is 46. The number of ether oxygens (including phenoxy) is 3. The lowest BCUT2D eigenvalue weighted by atomic mass is 10.0. The van der Waals surface area contributed by atoms with Gasteiger partial charge in [-0.1, -0.05) is 209 Å². The van der Waals surface area contributed by atoms with Crippen molar-refractivity contribution in [1.29, 1.82) is 0 Å². The maximum absolute atomic E-state index is 12.8. The van der Waals surface area contributed by atoms with Crippen molar-refractivity contribution in [3.8, 4) is 0 Å². The SMILES string of the molecule is CC/C=C\C/C=C\C/C=C\C/C=C\CCCCC(=O)OC(COC(=O)CCCCCCCCC/C=C\C/C=C\CCCCC)COC(=O)CCCCCCCCCCCCCC. The van der Waals surface area contributed by atoms with E-state index < -0.39 is 6.10 Å². The highest BCUT2D eigenvalue weighted by Gasteiger charge is 2.19. The van der Waals surface area contributed by atoms with Crippen molar-refractivity contribution in [3.05, 3.63) is 72.9 Å². The molecule has 6 heteroatoms. The standard InChI is InChI=1S/C56H96O6/c1-4-7-10-13-16-19-22-25-27-28-30-31-34-37-40-43-46-49-55(58)61-52-53(51-60-54(57)48-45-42-39-36-33-24-21-18-15-12-9-6-3)62-56(59)50-47-44-41-38-35-32-29-26-23-20-17-14-11-8-5-2/h8,11,16-17,19-20,25-27,29,35,38,53H,4-7,9-10,12-15,18,21-24,28,30-34,36-37,39-52H2,1-3H3/b11-8-,19-16-,20-17-,27-25-,29-26-,38-35-. The van der Waals surface area contributed by atoms with Crippen LogP contribution < -0.4 is 0 Å². The zero-order valence-corrected chi connectivity index (χ0v) is 40.6. The van der Waals surface area contributed by atoms with E-state index in [1.807, 2.05) is 0 Å². The number of unbranched alkanes of at least 4 members (excludes halogenated alkanes) is 23. The lowest BCUT2D eigenvalue weighted by Crippen LogP contribution is -2.30. The van der Waals surface area contributed by atoms with Crippen molar-refractivity contribution in [3.63, 3.8) is 0 Å². The van der Waals surface area contributed by atoms with Crippen molar-refractivity contribution < 1.29 is 28.6 Å². The molecular formula is C56H96O6. The molecule has 0 saturated carbocycles. The van der Waals surface area contributed by atoms with Crippen molar-refractivity contribution in [2.45, 2.75) is 252 Å². The fraction of sp³-hybridized carbons (Fsp3) is 0.732. The molecule has 6 nitrogen and oxygen atoms in total. The van der Waals surface area contributed by atoms with Gasteiger partial charge in [0, 0.05) is 19.3 Å². The average molecular weight is 865 g/mol. The third-order valence-electron chi connectivity index (χ3n) is 10.9. The van der Waals surface area contributed by atoms with E-state index in [1.165, 1.54) is 109 Å². The van der Waals surface area contributed by atoms with Gasteiger partial charge in [-0.25, -0.2) is 0 Å². The van der Waals surface area contributed by atoms with E-state index in [2.05, 4.69) is 93.7 Å². The molecule has 0 radical (unpaired) electrons. The Morgan fingerprint density at radius 2 is 0.629 bits per heavy atom. The van der Waals surface area contributed by atoms with Gasteiger partial charge in [-0.15, -0.1) is 0 Å². The van der Waals surface area contributed by atoms with Crippen LogP contribution in [0.3, 0.4) is 0 Å². The van der Waals surface area contributed by atoms with Crippen molar-refractivity contribution in [1.82, 2.24) is 0 Å². The van der Waals surface area contributed by atoms with Crippen molar-refractivity contribution >= 4 is 17.9 Å². The number of esters is 3. The molecule has 0 heterocycles. The summed E-state index contributed by atoms with van der Waals surface area (Å²) in [6.07, 6.45) is 63.1. The molecule has 1 atom stereocenters. The summed E-state index contributed by atoms with van der Waals surface area (Å²) in [7, 11) is 0. The highest BCUT2D eigenvalue weighted by Crippen LogP contribution is 2.14. The van der Waals surface area contributed by atoms with Crippen molar-refractivity contribution in [2.75, 3.05) is 13.2 Å². The Kier molecular flexibility index (Phi) is 47.9. The molecule has 0 aliphatic rings. The lowest BCUT2D eigenvalue weighted by Gasteiger charge is -2.18. The molecule has 0 bridgehead atoms. The smallest absolute Gasteiger partial charge is 0.306 e. The topological polar surface area (TPSA) is 78.9 Å². The zero-order chi connectivity index (χ0) is 45.1. The van der Waals surface area contributed by atoms with Gasteiger partial charge < -0.3 is 14.2 Å². The molecular weight excluding hydrogens is 769 g/mol. The van der Waals surface area contributed by atoms with E-state index in [4.69, 9.17) is 14.2 Å². The molecule has 0 aliphatic carbocycles. The summed E-state index contributed by atoms with van der Waals surface area (Å²) in [5.74, 6) is -0.941. The molecule has 0 rings (SSSR count). The second-order valence-corrected chi connectivity index (χ2v) is 17.1. The summed E-state index contributed by atoms with van der Waals surface area (Å²) in [5.41, 5.74) is 0. The number of carbonyl (C=O) groups excluding carboxylic acids is 3. The summed E-state index contributed by atoms with van der Waals surface area (Å²) >= 11 is 0. The Bertz CT molecular complexity index is 1180. The molecule has 0 aromatic heterocycles. The predicted molar refractivity (Wildman–Crippen MR) is 265 cm³/mol. The van der Waals surface area contributed by atoms with E-state index in [1.54, 1.807) is 0 Å². The third kappa shape index (κ3) is 47.9. The summed E-state index contributed by atoms with van der Waals surface area (Å²) in [4.78, 5) is 38.0. The van der Waals surface area contributed by atoms with Gasteiger partial charge in [0.2, 0.25) is 0 Å². The Morgan fingerprint density at radius 1 is 0.339 bits per heavy atom. The number of hydrogen-bond donors (Lipinski definition) is 0. The molecule has 0 saturated heterocycles. The monoisotopic (exact) mass is 865 g/mol. The van der Waals surface area contributed by atoms with Crippen LogP contribution in [-0.2, 0) is 28.6 Å². The van der Waals surface area contributed by atoms with Gasteiger partial charge in [0.05, 0.1) is 0 Å². The zero-order valence-electron chi connectivity index (χ0n) is 40.6. The Hall–Kier alpha value is -3.15. The summed E-state index contributed by atoms with van der Waals surface area (Å²) < 4.78 is 16.8. The van der Waals surface area contributed by atoms with Crippen LogP contribution in [0.1, 0.15) is 245 Å². The molecule has 0 aromatic carbocycles. The first-order chi connectivity index (χ1) is 30.5. The largest absolute Gasteiger partial charge is 0.462 e. The molecule has 0 spiro atoms. The van der Waals surface area contributed by atoms with Crippen LogP contribution in [-0.4, -0.2) is 37.2 Å². The predicted octanol–water partition coefficient (Wildman–Crippen LogP) is 17.0. The summed E-state index contributed by atoms with van der Waals surface area (Å²) in [5, 5.41) is 0. The van der Waals surface area contributed by atoms with Crippen LogP contribution in [0.2, 0.25) is 0 Å².